The second kappa shape index (κ2) is 6.04. The zero-order valence-corrected chi connectivity index (χ0v) is 12.5. The summed E-state index contributed by atoms with van der Waals surface area (Å²) >= 11 is 0. The molecule has 0 unspecified atom stereocenters. The van der Waals surface area contributed by atoms with E-state index in [1.54, 1.807) is 6.20 Å². The normalized spacial score (nSPS) is 14.0. The van der Waals surface area contributed by atoms with Crippen LogP contribution in [0.4, 0.5) is 5.69 Å². The number of fused-ring (bicyclic) bond motifs is 1. The van der Waals surface area contributed by atoms with E-state index in [0.29, 0.717) is 5.82 Å². The van der Waals surface area contributed by atoms with Crippen molar-refractivity contribution < 1.29 is 4.74 Å². The Morgan fingerprint density at radius 1 is 1.22 bits per heavy atom. The molecule has 0 saturated carbocycles. The molecule has 0 amide bonds. The van der Waals surface area contributed by atoms with Crippen LogP contribution in [-0.4, -0.2) is 38.8 Å². The summed E-state index contributed by atoms with van der Waals surface area (Å²) in [6.07, 6.45) is 2.78. The SMILES string of the molecule is c1ccc2c(c1)OCCCN2Cc1ccnc(-c2nn[nH]n2)c1. The molecule has 1 aliphatic rings. The zero-order chi connectivity index (χ0) is 15.5. The fourth-order valence-corrected chi connectivity index (χ4v) is 2.75. The first-order chi connectivity index (χ1) is 11.4. The Labute approximate surface area is 133 Å². The number of anilines is 1. The predicted molar refractivity (Wildman–Crippen MR) is 85.0 cm³/mol. The molecule has 3 aromatic rings. The van der Waals surface area contributed by atoms with Crippen molar-refractivity contribution in [2.75, 3.05) is 18.1 Å². The number of tetrazole rings is 1. The van der Waals surface area contributed by atoms with E-state index in [2.05, 4.69) is 36.6 Å². The van der Waals surface area contributed by atoms with Gasteiger partial charge in [0.25, 0.3) is 0 Å². The first kappa shape index (κ1) is 13.7. The molecule has 0 aliphatic carbocycles. The number of ether oxygens (including phenoxy) is 1. The highest BCUT2D eigenvalue weighted by Crippen LogP contribution is 2.31. The number of H-pyrrole nitrogens is 1. The minimum atomic E-state index is 0.506. The maximum absolute atomic E-state index is 5.81. The van der Waals surface area contributed by atoms with Gasteiger partial charge in [-0.05, 0) is 41.5 Å². The molecule has 0 bridgehead atoms. The fraction of sp³-hybridized carbons (Fsp3) is 0.250. The molecular weight excluding hydrogens is 292 g/mol. The molecule has 23 heavy (non-hydrogen) atoms. The molecule has 116 valence electrons. The van der Waals surface area contributed by atoms with Gasteiger partial charge in [0.2, 0.25) is 5.82 Å². The lowest BCUT2D eigenvalue weighted by Gasteiger charge is -2.23. The third kappa shape index (κ3) is 2.85. The van der Waals surface area contributed by atoms with Crippen LogP contribution in [0.5, 0.6) is 5.75 Å². The molecule has 3 heterocycles. The molecule has 1 aromatic carbocycles. The van der Waals surface area contributed by atoms with Gasteiger partial charge >= 0.3 is 0 Å². The number of pyridine rings is 1. The minimum absolute atomic E-state index is 0.506. The number of aromatic nitrogens is 5. The standard InChI is InChI=1S/C16H16N6O/c1-2-5-15-14(4-1)22(8-3-9-23-15)11-12-6-7-17-13(10-12)16-18-20-21-19-16/h1-2,4-7,10H,3,8-9,11H2,(H,18,19,20,21). The van der Waals surface area contributed by atoms with Gasteiger partial charge in [0.05, 0.1) is 12.3 Å². The smallest absolute Gasteiger partial charge is 0.222 e. The topological polar surface area (TPSA) is 79.8 Å². The van der Waals surface area contributed by atoms with E-state index >= 15 is 0 Å². The van der Waals surface area contributed by atoms with E-state index in [1.807, 2.05) is 30.3 Å². The van der Waals surface area contributed by atoms with E-state index < -0.39 is 0 Å². The van der Waals surface area contributed by atoms with Crippen LogP contribution in [-0.2, 0) is 6.54 Å². The molecular formula is C16H16N6O. The van der Waals surface area contributed by atoms with Crippen LogP contribution in [0.1, 0.15) is 12.0 Å². The third-order valence-corrected chi connectivity index (χ3v) is 3.81. The number of hydrogen-bond donors (Lipinski definition) is 1. The second-order valence-corrected chi connectivity index (χ2v) is 5.38. The van der Waals surface area contributed by atoms with Crippen molar-refractivity contribution in [3.63, 3.8) is 0 Å². The maximum atomic E-state index is 5.81. The summed E-state index contributed by atoms with van der Waals surface area (Å²) in [6.45, 7) is 2.49. The van der Waals surface area contributed by atoms with E-state index in [-0.39, 0.29) is 0 Å². The van der Waals surface area contributed by atoms with Crippen molar-refractivity contribution in [2.45, 2.75) is 13.0 Å². The van der Waals surface area contributed by atoms with Crippen LogP contribution in [0.25, 0.3) is 11.5 Å². The van der Waals surface area contributed by atoms with Crippen molar-refractivity contribution >= 4 is 5.69 Å². The van der Waals surface area contributed by atoms with Gasteiger partial charge in [-0.25, -0.2) is 0 Å². The van der Waals surface area contributed by atoms with Crippen LogP contribution in [0.3, 0.4) is 0 Å². The van der Waals surface area contributed by atoms with Crippen molar-refractivity contribution in [3.05, 3.63) is 48.2 Å². The molecule has 1 N–H and O–H groups in total. The molecule has 0 saturated heterocycles. The lowest BCUT2D eigenvalue weighted by atomic mass is 10.2. The van der Waals surface area contributed by atoms with Gasteiger partial charge in [-0.15, -0.1) is 10.2 Å². The minimum Gasteiger partial charge on any atom is -0.491 e. The van der Waals surface area contributed by atoms with Crippen molar-refractivity contribution in [1.29, 1.82) is 0 Å². The second-order valence-electron chi connectivity index (χ2n) is 5.38. The molecule has 0 fully saturated rings. The third-order valence-electron chi connectivity index (χ3n) is 3.81. The van der Waals surface area contributed by atoms with Gasteiger partial charge in [0, 0.05) is 19.3 Å². The first-order valence-corrected chi connectivity index (χ1v) is 7.56. The highest BCUT2D eigenvalue weighted by atomic mass is 16.5. The highest BCUT2D eigenvalue weighted by Gasteiger charge is 2.16. The number of nitrogens with one attached hydrogen (secondary N) is 1. The monoisotopic (exact) mass is 308 g/mol. The van der Waals surface area contributed by atoms with Crippen LogP contribution in [0, 0.1) is 0 Å². The summed E-state index contributed by atoms with van der Waals surface area (Å²) in [5.74, 6) is 1.45. The summed E-state index contributed by atoms with van der Waals surface area (Å²) < 4.78 is 5.81. The van der Waals surface area contributed by atoms with Crippen molar-refractivity contribution in [2.24, 2.45) is 0 Å². The van der Waals surface area contributed by atoms with Crippen LogP contribution in [0.2, 0.25) is 0 Å². The van der Waals surface area contributed by atoms with Crippen molar-refractivity contribution in [1.82, 2.24) is 25.6 Å². The quantitative estimate of drug-likeness (QED) is 0.797. The Morgan fingerprint density at radius 2 is 2.17 bits per heavy atom. The Balaban J connectivity index is 1.62. The van der Waals surface area contributed by atoms with E-state index in [4.69, 9.17) is 4.74 Å². The van der Waals surface area contributed by atoms with Gasteiger partial charge < -0.3 is 9.64 Å². The van der Waals surface area contributed by atoms with Crippen molar-refractivity contribution in [3.8, 4) is 17.3 Å². The van der Waals surface area contributed by atoms with Gasteiger partial charge in [-0.3, -0.25) is 4.98 Å². The van der Waals surface area contributed by atoms with Crippen LogP contribution in [0.15, 0.2) is 42.6 Å². The van der Waals surface area contributed by atoms with Crippen LogP contribution >= 0.6 is 0 Å². The molecule has 4 rings (SSSR count). The largest absolute Gasteiger partial charge is 0.491 e. The van der Waals surface area contributed by atoms with Crippen LogP contribution < -0.4 is 9.64 Å². The lowest BCUT2D eigenvalue weighted by Crippen LogP contribution is -2.23. The predicted octanol–water partition coefficient (Wildman–Crippen LogP) is 2.05. The summed E-state index contributed by atoms with van der Waals surface area (Å²) in [5.41, 5.74) is 3.00. The molecule has 0 atom stereocenters. The number of nitrogens with zero attached hydrogens (tertiary/aromatic N) is 5. The molecule has 7 heteroatoms. The highest BCUT2D eigenvalue weighted by molar-refractivity contribution is 5.59. The average molecular weight is 308 g/mol. The molecule has 2 aromatic heterocycles. The molecule has 0 spiro atoms. The van der Waals surface area contributed by atoms with E-state index in [1.165, 1.54) is 0 Å². The summed E-state index contributed by atoms with van der Waals surface area (Å²) in [6, 6.07) is 12.2. The maximum Gasteiger partial charge on any atom is 0.222 e. The molecule has 1 aliphatic heterocycles. The zero-order valence-electron chi connectivity index (χ0n) is 12.5. The summed E-state index contributed by atoms with van der Waals surface area (Å²) in [5, 5.41) is 14.0. The fourth-order valence-electron chi connectivity index (χ4n) is 2.75. The van der Waals surface area contributed by atoms with Gasteiger partial charge in [0.1, 0.15) is 11.4 Å². The van der Waals surface area contributed by atoms with E-state index in [9.17, 15) is 0 Å². The number of aromatic amines is 1. The number of benzene rings is 1. The van der Waals surface area contributed by atoms with Gasteiger partial charge in [-0.1, -0.05) is 12.1 Å². The van der Waals surface area contributed by atoms with E-state index in [0.717, 1.165) is 48.8 Å². The first-order valence-electron chi connectivity index (χ1n) is 7.56. The summed E-state index contributed by atoms with van der Waals surface area (Å²) in [7, 11) is 0. The number of hydrogen-bond acceptors (Lipinski definition) is 6. The Morgan fingerprint density at radius 3 is 3.09 bits per heavy atom. The number of rotatable bonds is 3. The van der Waals surface area contributed by atoms with Gasteiger partial charge in [-0.2, -0.15) is 5.21 Å². The Hall–Kier alpha value is -2.96. The van der Waals surface area contributed by atoms with Gasteiger partial charge in [0.15, 0.2) is 0 Å². The Kier molecular flexibility index (Phi) is 3.59. The Bertz CT molecular complexity index is 789. The number of para-hydroxylation sites is 2. The molecule has 0 radical (unpaired) electrons. The lowest BCUT2D eigenvalue weighted by molar-refractivity contribution is 0.322. The summed E-state index contributed by atoms with van der Waals surface area (Å²) in [4.78, 5) is 6.64. The average Bonchev–Trinajstić information content (AvgIpc) is 3.06. The molecule has 7 nitrogen and oxygen atoms in total.